The molecule has 2 atom stereocenters. The first-order chi connectivity index (χ1) is 6.27. The van der Waals surface area contributed by atoms with E-state index in [1.807, 2.05) is 25.4 Å². The van der Waals surface area contributed by atoms with Gasteiger partial charge in [0.1, 0.15) is 0 Å². The van der Waals surface area contributed by atoms with Gasteiger partial charge in [-0.3, -0.25) is 0 Å². The molecule has 3 heteroatoms. The topological polar surface area (TPSA) is 48.0 Å². The predicted octanol–water partition coefficient (Wildman–Crippen LogP) is 1.19. The summed E-state index contributed by atoms with van der Waals surface area (Å²) in [4.78, 5) is 2.95. The third kappa shape index (κ3) is 2.11. The van der Waals surface area contributed by atoms with Gasteiger partial charge < -0.3 is 15.4 Å². The van der Waals surface area contributed by atoms with Crippen molar-refractivity contribution in [2.45, 2.75) is 38.0 Å². The second-order valence-electron chi connectivity index (χ2n) is 3.82. The van der Waals surface area contributed by atoms with Gasteiger partial charge in [-0.15, -0.1) is 0 Å². The van der Waals surface area contributed by atoms with Gasteiger partial charge in [0.05, 0.1) is 6.10 Å². The summed E-state index contributed by atoms with van der Waals surface area (Å²) in [5.74, 6) is 0. The fraction of sp³-hybridized carbons (Fsp3) is 0.600. The summed E-state index contributed by atoms with van der Waals surface area (Å²) in [6.07, 6.45) is 5.79. The van der Waals surface area contributed by atoms with Crippen LogP contribution >= 0.6 is 0 Å². The van der Waals surface area contributed by atoms with Crippen molar-refractivity contribution in [3.8, 4) is 0 Å². The fourth-order valence-corrected chi connectivity index (χ4v) is 1.52. The molecular formula is C10H16N2O. The highest BCUT2D eigenvalue weighted by atomic mass is 16.3. The molecule has 0 spiro atoms. The van der Waals surface area contributed by atoms with E-state index < -0.39 is 6.10 Å². The Morgan fingerprint density at radius 1 is 1.62 bits per heavy atom. The van der Waals surface area contributed by atoms with Crippen LogP contribution in [0.25, 0.3) is 0 Å². The number of aromatic nitrogens is 1. The molecule has 13 heavy (non-hydrogen) atoms. The summed E-state index contributed by atoms with van der Waals surface area (Å²) in [6.45, 7) is 2.02. The maximum Gasteiger partial charge on any atom is 0.0954 e. The molecule has 3 N–H and O–H groups in total. The SMILES string of the molecule is CC(NC1CC1)C(O)c1cc[nH]c1. The number of rotatable bonds is 4. The van der Waals surface area contributed by atoms with Crippen LogP contribution in [0.1, 0.15) is 31.4 Å². The number of nitrogens with one attached hydrogen (secondary N) is 2. The Morgan fingerprint density at radius 2 is 2.38 bits per heavy atom. The molecule has 0 aliphatic heterocycles. The van der Waals surface area contributed by atoms with E-state index in [0.717, 1.165) is 5.56 Å². The number of hydrogen-bond acceptors (Lipinski definition) is 2. The van der Waals surface area contributed by atoms with E-state index in [1.165, 1.54) is 12.8 Å². The number of H-pyrrole nitrogens is 1. The summed E-state index contributed by atoms with van der Waals surface area (Å²) in [6, 6.07) is 2.70. The summed E-state index contributed by atoms with van der Waals surface area (Å²) >= 11 is 0. The van der Waals surface area contributed by atoms with Crippen molar-refractivity contribution in [1.82, 2.24) is 10.3 Å². The van der Waals surface area contributed by atoms with E-state index >= 15 is 0 Å². The minimum atomic E-state index is -0.396. The lowest BCUT2D eigenvalue weighted by Gasteiger charge is -2.19. The van der Waals surface area contributed by atoms with Gasteiger partial charge in [0.2, 0.25) is 0 Å². The molecule has 0 saturated heterocycles. The molecule has 2 unspecified atom stereocenters. The van der Waals surface area contributed by atoms with Crippen LogP contribution in [0.2, 0.25) is 0 Å². The average Bonchev–Trinajstić information content (AvgIpc) is 2.78. The normalized spacial score (nSPS) is 21.4. The van der Waals surface area contributed by atoms with Crippen molar-refractivity contribution in [1.29, 1.82) is 0 Å². The third-order valence-corrected chi connectivity index (χ3v) is 2.51. The molecule has 0 amide bonds. The second-order valence-corrected chi connectivity index (χ2v) is 3.82. The van der Waals surface area contributed by atoms with Gasteiger partial charge in [-0.05, 0) is 31.4 Å². The zero-order valence-electron chi connectivity index (χ0n) is 7.83. The van der Waals surface area contributed by atoms with Gasteiger partial charge in [-0.25, -0.2) is 0 Å². The minimum absolute atomic E-state index is 0.142. The summed E-state index contributed by atoms with van der Waals surface area (Å²) in [5.41, 5.74) is 0.959. The number of aromatic amines is 1. The predicted molar refractivity (Wildman–Crippen MR) is 51.4 cm³/mol. The Hall–Kier alpha value is -0.800. The van der Waals surface area contributed by atoms with Gasteiger partial charge in [-0.1, -0.05) is 0 Å². The monoisotopic (exact) mass is 180 g/mol. The van der Waals surface area contributed by atoms with Crippen LogP contribution in [0, 0.1) is 0 Å². The van der Waals surface area contributed by atoms with Gasteiger partial charge in [0.15, 0.2) is 0 Å². The third-order valence-electron chi connectivity index (χ3n) is 2.51. The molecule has 1 aromatic rings. The Morgan fingerprint density at radius 3 is 2.92 bits per heavy atom. The molecule has 1 aliphatic rings. The minimum Gasteiger partial charge on any atom is -0.387 e. The molecule has 0 bridgehead atoms. The highest BCUT2D eigenvalue weighted by Crippen LogP contribution is 2.23. The van der Waals surface area contributed by atoms with Crippen molar-refractivity contribution >= 4 is 0 Å². The highest BCUT2D eigenvalue weighted by molar-refractivity contribution is 5.13. The number of aliphatic hydroxyl groups excluding tert-OH is 1. The zero-order chi connectivity index (χ0) is 9.26. The fourth-order valence-electron chi connectivity index (χ4n) is 1.52. The van der Waals surface area contributed by atoms with Crippen molar-refractivity contribution in [3.63, 3.8) is 0 Å². The van der Waals surface area contributed by atoms with E-state index in [0.29, 0.717) is 6.04 Å². The van der Waals surface area contributed by atoms with Crippen molar-refractivity contribution in [2.75, 3.05) is 0 Å². The molecule has 1 heterocycles. The Balaban J connectivity index is 1.91. The maximum absolute atomic E-state index is 9.87. The summed E-state index contributed by atoms with van der Waals surface area (Å²) in [5, 5.41) is 13.3. The molecule has 1 saturated carbocycles. The molecule has 3 nitrogen and oxygen atoms in total. The summed E-state index contributed by atoms with van der Waals surface area (Å²) in [7, 11) is 0. The van der Waals surface area contributed by atoms with Gasteiger partial charge >= 0.3 is 0 Å². The van der Waals surface area contributed by atoms with E-state index in [-0.39, 0.29) is 6.04 Å². The molecule has 1 aromatic heterocycles. The standard InChI is InChI=1S/C10H16N2O/c1-7(12-9-2-3-9)10(13)8-4-5-11-6-8/h4-7,9-13H,2-3H2,1H3. The van der Waals surface area contributed by atoms with Crippen molar-refractivity contribution in [2.24, 2.45) is 0 Å². The van der Waals surface area contributed by atoms with Crippen molar-refractivity contribution < 1.29 is 5.11 Å². The molecule has 0 radical (unpaired) electrons. The maximum atomic E-state index is 9.87. The lowest BCUT2D eigenvalue weighted by Crippen LogP contribution is -2.33. The summed E-state index contributed by atoms with van der Waals surface area (Å²) < 4.78 is 0. The first-order valence-electron chi connectivity index (χ1n) is 4.84. The van der Waals surface area contributed by atoms with Crippen LogP contribution < -0.4 is 5.32 Å². The lowest BCUT2D eigenvalue weighted by molar-refractivity contribution is 0.135. The second kappa shape index (κ2) is 3.52. The Bertz CT molecular complexity index is 254. The van der Waals surface area contributed by atoms with Crippen LogP contribution in [0.4, 0.5) is 0 Å². The molecule has 1 fully saturated rings. The number of hydrogen-bond donors (Lipinski definition) is 3. The molecule has 2 rings (SSSR count). The van der Waals surface area contributed by atoms with Gasteiger partial charge in [0.25, 0.3) is 0 Å². The average molecular weight is 180 g/mol. The van der Waals surface area contributed by atoms with Gasteiger partial charge in [0, 0.05) is 24.5 Å². The quantitative estimate of drug-likeness (QED) is 0.651. The Kier molecular flexibility index (Phi) is 2.38. The highest BCUT2D eigenvalue weighted by Gasteiger charge is 2.26. The first kappa shape index (κ1) is 8.78. The molecule has 0 aromatic carbocycles. The van der Waals surface area contributed by atoms with Crippen LogP contribution in [0.3, 0.4) is 0 Å². The lowest BCUT2D eigenvalue weighted by atomic mass is 10.1. The van der Waals surface area contributed by atoms with Crippen LogP contribution in [0.5, 0.6) is 0 Å². The molecular weight excluding hydrogens is 164 g/mol. The van der Waals surface area contributed by atoms with Crippen molar-refractivity contribution in [3.05, 3.63) is 24.0 Å². The first-order valence-corrected chi connectivity index (χ1v) is 4.84. The van der Waals surface area contributed by atoms with Crippen LogP contribution in [-0.4, -0.2) is 22.2 Å². The zero-order valence-corrected chi connectivity index (χ0v) is 7.83. The largest absolute Gasteiger partial charge is 0.387 e. The van der Waals surface area contributed by atoms with E-state index in [4.69, 9.17) is 0 Å². The van der Waals surface area contributed by atoms with E-state index in [1.54, 1.807) is 0 Å². The number of aliphatic hydroxyl groups is 1. The van der Waals surface area contributed by atoms with Crippen LogP contribution in [0.15, 0.2) is 18.5 Å². The smallest absolute Gasteiger partial charge is 0.0954 e. The van der Waals surface area contributed by atoms with E-state index in [2.05, 4.69) is 10.3 Å². The van der Waals surface area contributed by atoms with E-state index in [9.17, 15) is 5.11 Å². The molecule has 72 valence electrons. The Labute approximate surface area is 78.2 Å². The molecule has 1 aliphatic carbocycles. The van der Waals surface area contributed by atoms with Crippen LogP contribution in [-0.2, 0) is 0 Å². The van der Waals surface area contributed by atoms with Gasteiger partial charge in [-0.2, -0.15) is 0 Å².